The quantitative estimate of drug-likeness (QED) is 0.354. The molecule has 0 saturated heterocycles. The van der Waals surface area contributed by atoms with Crippen LogP contribution in [0.2, 0.25) is 0 Å². The predicted octanol–water partition coefficient (Wildman–Crippen LogP) is -0.762. The maximum Gasteiger partial charge on any atom is 0 e. The van der Waals surface area contributed by atoms with Crippen LogP contribution in [0.15, 0.2) is 0 Å². The molecule has 0 heterocycles. The van der Waals surface area contributed by atoms with Gasteiger partial charge >= 0.3 is 0 Å². The van der Waals surface area contributed by atoms with Crippen molar-refractivity contribution in [2.24, 2.45) is 0 Å². The Balaban J connectivity index is 0. The number of hydrogen-bond acceptors (Lipinski definition) is 0. The molecular weight excluding hydrogens is 541 g/mol. The van der Waals surface area contributed by atoms with Crippen molar-refractivity contribution < 1.29 is 115 Å². The summed E-state index contributed by atoms with van der Waals surface area (Å²) < 4.78 is 0. The third kappa shape index (κ3) is 17.6. The van der Waals surface area contributed by atoms with Crippen molar-refractivity contribution in [2.75, 3.05) is 0 Å². The first-order valence-electron chi connectivity index (χ1n) is 0. The first-order chi connectivity index (χ1) is 0. The van der Waals surface area contributed by atoms with Crippen LogP contribution < -0.4 is 0 Å². The van der Waals surface area contributed by atoms with Crippen LogP contribution in [0, 0.1) is 115 Å². The van der Waals surface area contributed by atoms with Crippen LogP contribution in [0.4, 0.5) is 0 Å². The molecule has 0 nitrogen and oxygen atoms in total. The van der Waals surface area contributed by atoms with E-state index in [0.717, 1.165) is 0 Å². The minimum absolute atomic E-state index is 0. The van der Waals surface area contributed by atoms with Crippen LogP contribution in [0.1, 0.15) is 0 Å². The van der Waals surface area contributed by atoms with E-state index in [1.807, 2.05) is 0 Å². The van der Waals surface area contributed by atoms with E-state index in [1.165, 1.54) is 0 Å². The topological polar surface area (TPSA) is 0 Å². The van der Waals surface area contributed by atoms with Crippen LogP contribution >= 0.6 is 0 Å². The predicted molar refractivity (Wildman–Crippen MR) is 11.5 cm³/mol. The average Bonchev–Trinajstić information content (AvgIpc) is 0. The zero-order valence-electron chi connectivity index (χ0n) is 2.10. The Hall–Kier alpha value is 4.88. The minimum Gasteiger partial charge on any atom is 0 e. The van der Waals surface area contributed by atoms with Crippen LogP contribution in [0.5, 0.6) is 0 Å². The second-order valence-electron chi connectivity index (χ2n) is 0. The summed E-state index contributed by atoms with van der Waals surface area (Å²) >= 11 is 0. The Morgan fingerprint density at radius 2 is 0.400 bits per heavy atom. The summed E-state index contributed by atoms with van der Waals surface area (Å²) in [6.45, 7) is 0. The van der Waals surface area contributed by atoms with Crippen molar-refractivity contribution in [1.29, 1.82) is 0 Å². The molecule has 0 fully saturated rings. The second-order valence-corrected chi connectivity index (χ2v) is 0. The Labute approximate surface area is 145 Å². The van der Waals surface area contributed by atoms with Crippen LogP contribution in [0.25, 0.3) is 0 Å². The van der Waals surface area contributed by atoms with Crippen molar-refractivity contribution in [2.45, 2.75) is 0 Å². The molecule has 0 unspecified atom stereocenters. The van der Waals surface area contributed by atoms with Gasteiger partial charge in [0, 0.05) is 149 Å². The molecule has 0 aromatic heterocycles. The zero-order chi connectivity index (χ0) is 0. The summed E-state index contributed by atoms with van der Waals surface area (Å²) in [6.07, 6.45) is 0. The van der Waals surface area contributed by atoms with E-state index in [9.17, 15) is 0 Å². The fourth-order valence-corrected chi connectivity index (χ4v) is 0. The maximum absolute atomic E-state index is 0. The Morgan fingerprint density at radius 3 is 0.400 bits per heavy atom. The standard InChI is InChI=1S/2Al.3Dy. The van der Waals surface area contributed by atoms with Crippen LogP contribution in [-0.2, 0) is 0 Å². The van der Waals surface area contributed by atoms with Gasteiger partial charge in [-0.3, -0.25) is 0 Å². The Bertz CT molecular complexity index is 4.85. The molecule has 0 aliphatic heterocycles. The summed E-state index contributed by atoms with van der Waals surface area (Å²) in [7, 11) is 0. The molecule has 5 heavy (non-hydrogen) atoms. The van der Waals surface area contributed by atoms with Crippen molar-refractivity contribution in [1.82, 2.24) is 0 Å². The SMILES string of the molecule is [Al].[Al].[Dy].[Dy].[Dy]. The summed E-state index contributed by atoms with van der Waals surface area (Å²) in [5.41, 5.74) is 0. The molecule has 6 radical (unpaired) electrons. The first kappa shape index (κ1) is 32.7. The van der Waals surface area contributed by atoms with E-state index in [2.05, 4.69) is 0 Å². The molecular formula is Al2Dy3. The zero-order valence-corrected chi connectivity index (χ0v) is 10.5. The molecule has 0 amide bonds. The molecule has 0 aromatic carbocycles. The molecule has 0 bridgehead atoms. The third-order valence-electron chi connectivity index (χ3n) is 0. The van der Waals surface area contributed by atoms with Gasteiger partial charge in [-0.1, -0.05) is 0 Å². The van der Waals surface area contributed by atoms with E-state index < -0.39 is 0 Å². The van der Waals surface area contributed by atoms with Gasteiger partial charge in [0.25, 0.3) is 0 Å². The molecule has 0 spiro atoms. The van der Waals surface area contributed by atoms with Gasteiger partial charge in [0.1, 0.15) is 0 Å². The summed E-state index contributed by atoms with van der Waals surface area (Å²) in [5, 5.41) is 0. The van der Waals surface area contributed by atoms with Gasteiger partial charge in [-0.2, -0.15) is 0 Å². The fourth-order valence-electron chi connectivity index (χ4n) is 0. The van der Waals surface area contributed by atoms with Gasteiger partial charge in [-0.05, 0) is 0 Å². The average molecular weight is 541 g/mol. The molecule has 0 saturated carbocycles. The van der Waals surface area contributed by atoms with Gasteiger partial charge in [0.15, 0.2) is 0 Å². The molecule has 0 atom stereocenters. The normalized spacial score (nSPS) is 0. The molecule has 0 N–H and O–H groups in total. The van der Waals surface area contributed by atoms with E-state index in [1.54, 1.807) is 0 Å². The van der Waals surface area contributed by atoms with Gasteiger partial charge in [0.05, 0.1) is 0 Å². The summed E-state index contributed by atoms with van der Waals surface area (Å²) in [6, 6.07) is 0. The van der Waals surface area contributed by atoms with Crippen molar-refractivity contribution in [3.8, 4) is 0 Å². The largest absolute Gasteiger partial charge is 0 e. The van der Waals surface area contributed by atoms with E-state index in [0.29, 0.717) is 0 Å². The summed E-state index contributed by atoms with van der Waals surface area (Å²) in [5.74, 6) is 0. The molecule has 0 rings (SSSR count). The maximum atomic E-state index is 0. The van der Waals surface area contributed by atoms with Crippen molar-refractivity contribution in [3.63, 3.8) is 0 Å². The number of rotatable bonds is 0. The smallest absolute Gasteiger partial charge is 0 e. The second kappa shape index (κ2) is 23.2. The Morgan fingerprint density at radius 1 is 0.400 bits per heavy atom. The third-order valence-corrected chi connectivity index (χ3v) is 0. The van der Waals surface area contributed by atoms with Gasteiger partial charge < -0.3 is 0 Å². The van der Waals surface area contributed by atoms with E-state index in [-0.39, 0.29) is 149 Å². The molecule has 0 aromatic rings. The van der Waals surface area contributed by atoms with Crippen LogP contribution in [-0.4, -0.2) is 34.7 Å². The van der Waals surface area contributed by atoms with Crippen molar-refractivity contribution >= 4 is 34.7 Å². The van der Waals surface area contributed by atoms with Crippen molar-refractivity contribution in [3.05, 3.63) is 0 Å². The Kier molecular flexibility index (Phi) is 151. The van der Waals surface area contributed by atoms with Crippen LogP contribution in [0.3, 0.4) is 0 Å². The van der Waals surface area contributed by atoms with E-state index >= 15 is 0 Å². The van der Waals surface area contributed by atoms with Gasteiger partial charge in [0.2, 0.25) is 0 Å². The molecule has 5 heteroatoms. The summed E-state index contributed by atoms with van der Waals surface area (Å²) in [4.78, 5) is 0. The monoisotopic (exact) mass is 546 g/mol. The van der Waals surface area contributed by atoms with E-state index in [4.69, 9.17) is 0 Å². The molecule has 0 aliphatic carbocycles. The first-order valence-corrected chi connectivity index (χ1v) is 0. The number of hydrogen-bond donors (Lipinski definition) is 0. The van der Waals surface area contributed by atoms with Gasteiger partial charge in [-0.15, -0.1) is 0 Å². The molecule has 36 valence electrons. The van der Waals surface area contributed by atoms with Gasteiger partial charge in [-0.25, -0.2) is 0 Å². The molecule has 0 aliphatic rings. The minimum atomic E-state index is 0. The fraction of sp³-hybridized carbons (Fsp3) is 0.